The molecule has 2 aromatic heterocycles. The highest BCUT2D eigenvalue weighted by atomic mass is 32.2. The van der Waals surface area contributed by atoms with E-state index in [-0.39, 0.29) is 16.9 Å². The number of nitrogen functional groups attached to an aromatic ring is 1. The number of fused-ring (bicyclic) bond motifs is 1. The van der Waals surface area contributed by atoms with Crippen LogP contribution >= 0.6 is 11.8 Å². The molecule has 0 aliphatic carbocycles. The third-order valence-corrected chi connectivity index (χ3v) is 5.37. The summed E-state index contributed by atoms with van der Waals surface area (Å²) in [6, 6.07) is 11.1. The molecule has 3 heterocycles. The lowest BCUT2D eigenvalue weighted by Gasteiger charge is -2.12. The van der Waals surface area contributed by atoms with Crippen LogP contribution in [0.5, 0.6) is 0 Å². The number of imide groups is 1. The fourth-order valence-electron chi connectivity index (χ4n) is 3.04. The Kier molecular flexibility index (Phi) is 4.84. The highest BCUT2D eigenvalue weighted by molar-refractivity contribution is 7.99. The van der Waals surface area contributed by atoms with Crippen molar-refractivity contribution in [1.29, 1.82) is 0 Å². The highest BCUT2D eigenvalue weighted by Crippen LogP contribution is 2.28. The molecule has 0 bridgehead atoms. The molecule has 0 radical (unpaired) electrons. The highest BCUT2D eigenvalue weighted by Gasteiger charge is 2.31. The molecule has 4 rings (SSSR count). The predicted molar refractivity (Wildman–Crippen MR) is 108 cm³/mol. The molecule has 9 nitrogen and oxygen atoms in total. The summed E-state index contributed by atoms with van der Waals surface area (Å²) in [5.41, 5.74) is 6.29. The smallest absolute Gasteiger partial charge is 0.337 e. The van der Waals surface area contributed by atoms with Crippen LogP contribution in [0.25, 0.3) is 5.69 Å². The van der Waals surface area contributed by atoms with Crippen molar-refractivity contribution >= 4 is 35.4 Å². The van der Waals surface area contributed by atoms with Crippen LogP contribution in [0.4, 0.5) is 5.82 Å². The van der Waals surface area contributed by atoms with Gasteiger partial charge in [0.25, 0.3) is 17.4 Å². The largest absolute Gasteiger partial charge is 0.465 e. The van der Waals surface area contributed by atoms with Crippen molar-refractivity contribution in [3.63, 3.8) is 0 Å². The first-order chi connectivity index (χ1) is 14.4. The molecule has 1 aliphatic rings. The Morgan fingerprint density at radius 2 is 1.83 bits per heavy atom. The average Bonchev–Trinajstić information content (AvgIpc) is 3.02. The van der Waals surface area contributed by atoms with Gasteiger partial charge in [-0.3, -0.25) is 24.3 Å². The molecule has 0 saturated heterocycles. The van der Waals surface area contributed by atoms with Crippen molar-refractivity contribution in [2.75, 3.05) is 12.8 Å². The van der Waals surface area contributed by atoms with Crippen LogP contribution in [0.1, 0.15) is 31.1 Å². The summed E-state index contributed by atoms with van der Waals surface area (Å²) in [6.07, 6.45) is 1.51. The molecule has 0 unspecified atom stereocenters. The second-order valence-electron chi connectivity index (χ2n) is 6.25. The normalized spacial score (nSPS) is 12.4. The summed E-state index contributed by atoms with van der Waals surface area (Å²) < 4.78 is 5.87. The third kappa shape index (κ3) is 3.33. The lowest BCUT2D eigenvalue weighted by molar-refractivity contribution is 0.0599. The van der Waals surface area contributed by atoms with Crippen LogP contribution in [0.15, 0.2) is 63.4 Å². The van der Waals surface area contributed by atoms with E-state index in [1.807, 2.05) is 0 Å². The fourth-order valence-corrected chi connectivity index (χ4v) is 3.85. The van der Waals surface area contributed by atoms with Crippen molar-refractivity contribution in [3.8, 4) is 5.69 Å². The quantitative estimate of drug-likeness (QED) is 0.479. The van der Waals surface area contributed by atoms with Crippen LogP contribution in [0, 0.1) is 0 Å². The Morgan fingerprint density at radius 1 is 1.10 bits per heavy atom. The molecule has 0 saturated carbocycles. The summed E-state index contributed by atoms with van der Waals surface area (Å²) in [7, 11) is 1.31. The van der Waals surface area contributed by atoms with E-state index in [0.29, 0.717) is 16.3 Å². The van der Waals surface area contributed by atoms with Crippen molar-refractivity contribution < 1.29 is 19.1 Å². The van der Waals surface area contributed by atoms with Crippen LogP contribution < -0.4 is 16.6 Å². The monoisotopic (exact) mass is 422 g/mol. The van der Waals surface area contributed by atoms with E-state index >= 15 is 0 Å². The number of ether oxygens (including phenoxy) is 1. The summed E-state index contributed by atoms with van der Waals surface area (Å²) in [5, 5.41) is 2.72. The van der Waals surface area contributed by atoms with E-state index in [0.717, 1.165) is 11.0 Å². The Balaban J connectivity index is 1.65. The summed E-state index contributed by atoms with van der Waals surface area (Å²) in [6.45, 7) is 0. The van der Waals surface area contributed by atoms with E-state index in [1.54, 1.807) is 36.4 Å². The number of esters is 1. The molecule has 1 aromatic carbocycles. The van der Waals surface area contributed by atoms with E-state index in [2.05, 4.69) is 10.3 Å². The number of rotatable bonds is 4. The fraction of sp³-hybridized carbons (Fsp3) is 0.0500. The van der Waals surface area contributed by atoms with Gasteiger partial charge in [0, 0.05) is 17.2 Å². The molecule has 30 heavy (non-hydrogen) atoms. The van der Waals surface area contributed by atoms with E-state index in [1.165, 1.54) is 29.6 Å². The maximum absolute atomic E-state index is 12.5. The first-order valence-electron chi connectivity index (χ1n) is 8.63. The number of hydrogen-bond acceptors (Lipinski definition) is 8. The van der Waals surface area contributed by atoms with Crippen LogP contribution in [-0.2, 0) is 4.74 Å². The minimum Gasteiger partial charge on any atom is -0.465 e. The van der Waals surface area contributed by atoms with E-state index in [9.17, 15) is 19.2 Å². The number of methoxy groups -OCH3 is 1. The molecule has 0 atom stereocenters. The van der Waals surface area contributed by atoms with Gasteiger partial charge >= 0.3 is 5.97 Å². The van der Waals surface area contributed by atoms with Crippen LogP contribution in [0.2, 0.25) is 0 Å². The molecule has 0 spiro atoms. The van der Waals surface area contributed by atoms with Crippen LogP contribution in [-0.4, -0.2) is 34.4 Å². The molecule has 3 aromatic rings. The van der Waals surface area contributed by atoms with Gasteiger partial charge in [0.1, 0.15) is 10.8 Å². The summed E-state index contributed by atoms with van der Waals surface area (Å²) in [5.74, 6) is -1.83. The Bertz CT molecular complexity index is 1270. The number of nitrogens with one attached hydrogen (secondary N) is 1. The molecule has 3 N–H and O–H groups in total. The van der Waals surface area contributed by atoms with E-state index < -0.39 is 23.3 Å². The first-order valence-corrected chi connectivity index (χ1v) is 9.44. The van der Waals surface area contributed by atoms with Crippen molar-refractivity contribution in [2.45, 2.75) is 9.92 Å². The number of nitrogens with zero attached hydrogens (tertiary/aromatic N) is 2. The molecule has 10 heteroatoms. The maximum atomic E-state index is 12.5. The molecule has 1 aliphatic heterocycles. The van der Waals surface area contributed by atoms with E-state index in [4.69, 9.17) is 10.5 Å². The Hall–Kier alpha value is -3.92. The number of nitrogens with two attached hydrogens (primary N) is 1. The maximum Gasteiger partial charge on any atom is 0.337 e. The summed E-state index contributed by atoms with van der Waals surface area (Å²) in [4.78, 5) is 52.9. The number of anilines is 1. The van der Waals surface area contributed by atoms with Gasteiger partial charge in [-0.25, -0.2) is 9.78 Å². The van der Waals surface area contributed by atoms with Gasteiger partial charge < -0.3 is 10.5 Å². The van der Waals surface area contributed by atoms with Gasteiger partial charge in [-0.2, -0.15) is 0 Å². The number of amides is 2. The minimum atomic E-state index is -0.639. The predicted octanol–water partition coefficient (Wildman–Crippen LogP) is 1.64. The number of carbonyl (C=O) groups excluding carboxylic acids is 3. The molecule has 2 amide bonds. The van der Waals surface area contributed by atoms with Gasteiger partial charge in [-0.05, 0) is 36.4 Å². The minimum absolute atomic E-state index is 0.0122. The number of benzene rings is 1. The number of pyridine rings is 2. The number of aromatic nitrogens is 2. The van der Waals surface area contributed by atoms with Crippen molar-refractivity contribution in [1.82, 2.24) is 14.9 Å². The zero-order valence-corrected chi connectivity index (χ0v) is 16.4. The zero-order chi connectivity index (χ0) is 21.4. The summed E-state index contributed by atoms with van der Waals surface area (Å²) >= 11 is 1.32. The standard InChI is InChI=1S/C20H14N4O5S/c1-29-20(28)10-6-7-22-14(8-10)30-12-4-2-11(3-5-12)24-15(25)9-13-16(17(24)21)19(27)23-18(13)26/h2-9H,21H2,1H3,(H,23,26,27). The SMILES string of the molecule is COC(=O)c1ccnc(Sc2ccc(-n3c(N)c4c(cc3=O)C(=O)NC4=O)cc2)c1. The Labute approximate surface area is 173 Å². The molecule has 150 valence electrons. The average molecular weight is 422 g/mol. The lowest BCUT2D eigenvalue weighted by Crippen LogP contribution is -2.24. The number of carbonyl (C=O) groups is 3. The van der Waals surface area contributed by atoms with Crippen molar-refractivity contribution in [2.24, 2.45) is 0 Å². The van der Waals surface area contributed by atoms with Gasteiger partial charge in [-0.1, -0.05) is 11.8 Å². The second-order valence-corrected chi connectivity index (χ2v) is 7.34. The second kappa shape index (κ2) is 7.48. The third-order valence-electron chi connectivity index (χ3n) is 4.43. The molecule has 0 fully saturated rings. The van der Waals surface area contributed by atoms with Crippen LogP contribution in [0.3, 0.4) is 0 Å². The topological polar surface area (TPSA) is 133 Å². The van der Waals surface area contributed by atoms with Gasteiger partial charge in [0.2, 0.25) is 0 Å². The molecular formula is C20H14N4O5S. The lowest BCUT2D eigenvalue weighted by atomic mass is 10.1. The number of hydrogen-bond donors (Lipinski definition) is 2. The van der Waals surface area contributed by atoms with Gasteiger partial charge in [-0.15, -0.1) is 0 Å². The van der Waals surface area contributed by atoms with Crippen molar-refractivity contribution in [3.05, 3.63) is 75.7 Å². The van der Waals surface area contributed by atoms with Gasteiger partial charge in [0.05, 0.1) is 29.5 Å². The van der Waals surface area contributed by atoms with Gasteiger partial charge in [0.15, 0.2) is 0 Å². The zero-order valence-electron chi connectivity index (χ0n) is 15.5. The Morgan fingerprint density at radius 3 is 2.53 bits per heavy atom. The first kappa shape index (κ1) is 19.4. The molecular weight excluding hydrogens is 408 g/mol.